The van der Waals surface area contributed by atoms with Gasteiger partial charge < -0.3 is 10.5 Å². The topological polar surface area (TPSA) is 99.2 Å². The number of nitrogens with two attached hydrogens (primary N) is 1. The van der Waals surface area contributed by atoms with E-state index in [2.05, 4.69) is 9.82 Å². The zero-order chi connectivity index (χ0) is 13.9. The SMILES string of the molecule is Cn1cc(S(=O)(=O)NCCOC2CCCC2)c(N)n1. The van der Waals surface area contributed by atoms with Crippen molar-refractivity contribution < 1.29 is 13.2 Å². The van der Waals surface area contributed by atoms with Crippen molar-refractivity contribution in [2.75, 3.05) is 18.9 Å². The fraction of sp³-hybridized carbons (Fsp3) is 0.727. The second kappa shape index (κ2) is 5.89. The van der Waals surface area contributed by atoms with Gasteiger partial charge in [0.2, 0.25) is 10.0 Å². The van der Waals surface area contributed by atoms with Crippen LogP contribution >= 0.6 is 0 Å². The highest BCUT2D eigenvalue weighted by molar-refractivity contribution is 7.89. The molecular formula is C11H20N4O3S. The minimum atomic E-state index is -3.60. The summed E-state index contributed by atoms with van der Waals surface area (Å²) in [5.41, 5.74) is 5.55. The van der Waals surface area contributed by atoms with Gasteiger partial charge in [0, 0.05) is 19.8 Å². The summed E-state index contributed by atoms with van der Waals surface area (Å²) in [5, 5.41) is 3.81. The van der Waals surface area contributed by atoms with E-state index in [1.54, 1.807) is 7.05 Å². The molecule has 1 aliphatic carbocycles. The van der Waals surface area contributed by atoms with E-state index in [9.17, 15) is 8.42 Å². The Kier molecular flexibility index (Phi) is 4.43. The predicted molar refractivity (Wildman–Crippen MR) is 71.0 cm³/mol. The number of hydrogen-bond donors (Lipinski definition) is 2. The van der Waals surface area contributed by atoms with Crippen LogP contribution < -0.4 is 10.5 Å². The van der Waals surface area contributed by atoms with Gasteiger partial charge in [0.25, 0.3) is 0 Å². The van der Waals surface area contributed by atoms with Crippen LogP contribution in [0, 0.1) is 0 Å². The van der Waals surface area contributed by atoms with E-state index in [1.807, 2.05) is 0 Å². The van der Waals surface area contributed by atoms with Gasteiger partial charge in [0.1, 0.15) is 4.90 Å². The number of anilines is 1. The molecule has 0 saturated heterocycles. The molecule has 0 bridgehead atoms. The van der Waals surface area contributed by atoms with Crippen LogP contribution in [-0.2, 0) is 21.8 Å². The molecule has 2 rings (SSSR count). The van der Waals surface area contributed by atoms with Crippen molar-refractivity contribution in [1.82, 2.24) is 14.5 Å². The van der Waals surface area contributed by atoms with E-state index in [-0.39, 0.29) is 23.4 Å². The first-order valence-electron chi connectivity index (χ1n) is 6.39. The molecule has 1 aromatic heterocycles. The highest BCUT2D eigenvalue weighted by Gasteiger charge is 2.20. The third kappa shape index (κ3) is 3.68. The lowest BCUT2D eigenvalue weighted by atomic mass is 10.3. The van der Waals surface area contributed by atoms with Gasteiger partial charge in [-0.25, -0.2) is 13.1 Å². The van der Waals surface area contributed by atoms with Crippen LogP contribution in [0.1, 0.15) is 25.7 Å². The van der Waals surface area contributed by atoms with Crippen molar-refractivity contribution >= 4 is 15.8 Å². The van der Waals surface area contributed by atoms with Crippen LogP contribution in [0.5, 0.6) is 0 Å². The number of aromatic nitrogens is 2. The maximum atomic E-state index is 12.0. The molecule has 0 spiro atoms. The number of nitrogen functional groups attached to an aromatic ring is 1. The van der Waals surface area contributed by atoms with E-state index < -0.39 is 10.0 Å². The maximum absolute atomic E-state index is 12.0. The highest BCUT2D eigenvalue weighted by atomic mass is 32.2. The van der Waals surface area contributed by atoms with Crippen LogP contribution in [-0.4, -0.2) is 37.5 Å². The third-order valence-electron chi connectivity index (χ3n) is 3.16. The summed E-state index contributed by atoms with van der Waals surface area (Å²) in [5.74, 6) is 0.00621. The lowest BCUT2D eigenvalue weighted by Gasteiger charge is -2.11. The van der Waals surface area contributed by atoms with Gasteiger partial charge in [0.05, 0.1) is 12.7 Å². The molecule has 0 atom stereocenters. The molecule has 0 aromatic carbocycles. The van der Waals surface area contributed by atoms with Gasteiger partial charge in [-0.1, -0.05) is 12.8 Å². The molecule has 1 fully saturated rings. The first-order valence-corrected chi connectivity index (χ1v) is 7.88. The predicted octanol–water partition coefficient (Wildman–Crippen LogP) is 0.240. The Balaban J connectivity index is 1.82. The van der Waals surface area contributed by atoms with Gasteiger partial charge in [-0.15, -0.1) is 0 Å². The Labute approximate surface area is 113 Å². The minimum Gasteiger partial charge on any atom is -0.381 e. The molecule has 8 heteroatoms. The van der Waals surface area contributed by atoms with E-state index >= 15 is 0 Å². The van der Waals surface area contributed by atoms with E-state index in [0.717, 1.165) is 12.8 Å². The van der Waals surface area contributed by atoms with Crippen molar-refractivity contribution in [3.8, 4) is 0 Å². The zero-order valence-corrected chi connectivity index (χ0v) is 11.8. The zero-order valence-electron chi connectivity index (χ0n) is 11.0. The Bertz CT molecular complexity index is 520. The fourth-order valence-electron chi connectivity index (χ4n) is 2.23. The molecule has 7 nitrogen and oxygen atoms in total. The minimum absolute atomic E-state index is 0.00621. The van der Waals surface area contributed by atoms with Gasteiger partial charge in [-0.3, -0.25) is 4.68 Å². The smallest absolute Gasteiger partial charge is 0.245 e. The largest absolute Gasteiger partial charge is 0.381 e. The number of ether oxygens (including phenoxy) is 1. The van der Waals surface area contributed by atoms with Gasteiger partial charge in [-0.2, -0.15) is 5.10 Å². The maximum Gasteiger partial charge on any atom is 0.245 e. The molecule has 0 radical (unpaired) electrons. The normalized spacial score (nSPS) is 17.1. The summed E-state index contributed by atoms with van der Waals surface area (Å²) in [7, 11) is -1.98. The van der Waals surface area contributed by atoms with Gasteiger partial charge in [-0.05, 0) is 12.8 Å². The van der Waals surface area contributed by atoms with E-state index in [0.29, 0.717) is 6.61 Å². The van der Waals surface area contributed by atoms with Crippen LogP contribution in [0.3, 0.4) is 0 Å². The van der Waals surface area contributed by atoms with Gasteiger partial charge in [0.15, 0.2) is 5.82 Å². The van der Waals surface area contributed by atoms with E-state index in [1.165, 1.54) is 23.7 Å². The second-order valence-electron chi connectivity index (χ2n) is 4.73. The molecule has 3 N–H and O–H groups in total. The lowest BCUT2D eigenvalue weighted by Crippen LogP contribution is -2.28. The average molecular weight is 288 g/mol. The lowest BCUT2D eigenvalue weighted by molar-refractivity contribution is 0.0626. The first-order chi connectivity index (χ1) is 8.99. The highest BCUT2D eigenvalue weighted by Crippen LogP contribution is 2.20. The van der Waals surface area contributed by atoms with Crippen molar-refractivity contribution in [2.45, 2.75) is 36.7 Å². The number of aryl methyl sites for hydroxylation is 1. The van der Waals surface area contributed by atoms with Crippen molar-refractivity contribution in [3.63, 3.8) is 0 Å². The molecule has 1 heterocycles. The van der Waals surface area contributed by atoms with Crippen molar-refractivity contribution in [2.24, 2.45) is 7.05 Å². The van der Waals surface area contributed by atoms with Crippen LogP contribution in [0.15, 0.2) is 11.1 Å². The molecular weight excluding hydrogens is 268 g/mol. The Hall–Kier alpha value is -1.12. The molecule has 108 valence electrons. The Morgan fingerprint density at radius 1 is 1.53 bits per heavy atom. The summed E-state index contributed by atoms with van der Waals surface area (Å²) in [4.78, 5) is 0.0101. The third-order valence-corrected chi connectivity index (χ3v) is 4.64. The van der Waals surface area contributed by atoms with Gasteiger partial charge >= 0.3 is 0 Å². The molecule has 0 amide bonds. The summed E-state index contributed by atoms with van der Waals surface area (Å²) >= 11 is 0. The summed E-state index contributed by atoms with van der Waals surface area (Å²) in [6.45, 7) is 0.622. The van der Waals surface area contributed by atoms with Crippen LogP contribution in [0.4, 0.5) is 5.82 Å². The number of sulfonamides is 1. The number of nitrogens with one attached hydrogen (secondary N) is 1. The molecule has 0 aliphatic heterocycles. The summed E-state index contributed by atoms with van der Waals surface area (Å²) in [6, 6.07) is 0. The van der Waals surface area contributed by atoms with Crippen molar-refractivity contribution in [3.05, 3.63) is 6.20 Å². The quantitative estimate of drug-likeness (QED) is 0.730. The monoisotopic (exact) mass is 288 g/mol. The molecule has 1 aromatic rings. The second-order valence-corrected chi connectivity index (χ2v) is 6.46. The molecule has 1 saturated carbocycles. The number of hydrogen-bond acceptors (Lipinski definition) is 5. The average Bonchev–Trinajstić information content (AvgIpc) is 2.94. The number of rotatable bonds is 6. The van der Waals surface area contributed by atoms with Crippen LogP contribution in [0.25, 0.3) is 0 Å². The fourth-order valence-corrected chi connectivity index (χ4v) is 3.34. The number of nitrogens with zero attached hydrogens (tertiary/aromatic N) is 2. The standard InChI is InChI=1S/C11H20N4O3S/c1-15-8-10(11(12)14-15)19(16,17)13-6-7-18-9-4-2-3-5-9/h8-9,13H,2-7H2,1H3,(H2,12,14). The molecule has 19 heavy (non-hydrogen) atoms. The Morgan fingerprint density at radius 2 is 2.21 bits per heavy atom. The summed E-state index contributed by atoms with van der Waals surface area (Å²) in [6.07, 6.45) is 6.21. The van der Waals surface area contributed by atoms with Crippen LogP contribution in [0.2, 0.25) is 0 Å². The summed E-state index contributed by atoms with van der Waals surface area (Å²) < 4.78 is 33.4. The molecule has 0 unspecified atom stereocenters. The molecule has 1 aliphatic rings. The first kappa shape index (κ1) is 14.3. The Morgan fingerprint density at radius 3 is 2.79 bits per heavy atom. The van der Waals surface area contributed by atoms with Crippen molar-refractivity contribution in [1.29, 1.82) is 0 Å². The van der Waals surface area contributed by atoms with E-state index in [4.69, 9.17) is 10.5 Å².